The fraction of sp³-hybridized carbons (Fsp3) is 0.333. The molecule has 0 radical (unpaired) electrons. The number of thiazole rings is 1. The molecule has 0 saturated heterocycles. The lowest BCUT2D eigenvalue weighted by Gasteiger charge is -2.11. The highest BCUT2D eigenvalue weighted by molar-refractivity contribution is 7.13. The third-order valence-electron chi connectivity index (χ3n) is 3.04. The Kier molecular flexibility index (Phi) is 5.26. The summed E-state index contributed by atoms with van der Waals surface area (Å²) in [5.74, 6) is -0.125. The van der Waals surface area contributed by atoms with Gasteiger partial charge in [0.1, 0.15) is 5.01 Å². The molecular weight excluding hydrogens is 270 g/mol. The van der Waals surface area contributed by atoms with Crippen LogP contribution in [0.1, 0.15) is 26.2 Å². The van der Waals surface area contributed by atoms with Crippen LogP contribution in [0.15, 0.2) is 35.8 Å². The van der Waals surface area contributed by atoms with E-state index in [2.05, 4.69) is 17.2 Å². The summed E-state index contributed by atoms with van der Waals surface area (Å²) in [6, 6.07) is 7.22. The van der Waals surface area contributed by atoms with Gasteiger partial charge >= 0.3 is 0 Å². The fourth-order valence-corrected chi connectivity index (χ4v) is 2.50. The van der Waals surface area contributed by atoms with Gasteiger partial charge in [0.2, 0.25) is 5.91 Å². The molecule has 20 heavy (non-hydrogen) atoms. The van der Waals surface area contributed by atoms with Gasteiger partial charge in [0.05, 0.1) is 6.04 Å². The fourth-order valence-electron chi connectivity index (χ4n) is 1.85. The van der Waals surface area contributed by atoms with Crippen LogP contribution >= 0.6 is 11.3 Å². The lowest BCUT2D eigenvalue weighted by atomic mass is 10.1. The number of amides is 1. The maximum absolute atomic E-state index is 11.9. The van der Waals surface area contributed by atoms with Crippen molar-refractivity contribution in [1.82, 2.24) is 4.98 Å². The van der Waals surface area contributed by atoms with Gasteiger partial charge in [0.15, 0.2) is 0 Å². The summed E-state index contributed by atoms with van der Waals surface area (Å²) in [4.78, 5) is 16.1. The molecule has 1 heterocycles. The Morgan fingerprint density at radius 3 is 2.75 bits per heavy atom. The minimum absolute atomic E-state index is 0.125. The molecule has 0 spiro atoms. The van der Waals surface area contributed by atoms with Crippen molar-refractivity contribution in [3.8, 4) is 10.6 Å². The van der Waals surface area contributed by atoms with Crippen LogP contribution in [0.4, 0.5) is 5.69 Å². The summed E-state index contributed by atoms with van der Waals surface area (Å²) >= 11 is 1.59. The normalized spacial score (nSPS) is 12.1. The van der Waals surface area contributed by atoms with Crippen LogP contribution in [0.5, 0.6) is 0 Å². The number of benzene rings is 1. The van der Waals surface area contributed by atoms with Gasteiger partial charge in [-0.2, -0.15) is 0 Å². The number of nitrogens with one attached hydrogen (secondary N) is 1. The van der Waals surface area contributed by atoms with Crippen molar-refractivity contribution in [2.24, 2.45) is 5.73 Å². The highest BCUT2D eigenvalue weighted by atomic mass is 32.1. The number of nitrogens with zero attached hydrogens (tertiary/aromatic N) is 1. The third kappa shape index (κ3) is 3.88. The maximum Gasteiger partial charge on any atom is 0.241 e. The number of anilines is 1. The molecule has 1 unspecified atom stereocenters. The van der Waals surface area contributed by atoms with E-state index >= 15 is 0 Å². The summed E-state index contributed by atoms with van der Waals surface area (Å²) in [6.45, 7) is 2.09. The number of carbonyl (C=O) groups excluding carboxylic acids is 1. The smallest absolute Gasteiger partial charge is 0.241 e. The quantitative estimate of drug-likeness (QED) is 0.857. The first-order valence-electron chi connectivity index (χ1n) is 6.77. The summed E-state index contributed by atoms with van der Waals surface area (Å²) in [5.41, 5.74) is 7.65. The first-order valence-corrected chi connectivity index (χ1v) is 7.65. The second-order valence-corrected chi connectivity index (χ2v) is 5.55. The number of aromatic nitrogens is 1. The zero-order valence-corrected chi connectivity index (χ0v) is 12.3. The van der Waals surface area contributed by atoms with E-state index in [0.717, 1.165) is 35.5 Å². The maximum atomic E-state index is 11.9. The van der Waals surface area contributed by atoms with Crippen molar-refractivity contribution < 1.29 is 4.79 Å². The Morgan fingerprint density at radius 1 is 1.40 bits per heavy atom. The number of carbonyl (C=O) groups is 1. The first-order chi connectivity index (χ1) is 9.70. The van der Waals surface area contributed by atoms with E-state index in [9.17, 15) is 4.79 Å². The summed E-state index contributed by atoms with van der Waals surface area (Å²) in [6.07, 6.45) is 4.52. The number of hydrogen-bond acceptors (Lipinski definition) is 4. The second-order valence-electron chi connectivity index (χ2n) is 4.65. The lowest BCUT2D eigenvalue weighted by molar-refractivity contribution is -0.117. The van der Waals surface area contributed by atoms with E-state index in [0.29, 0.717) is 0 Å². The van der Waals surface area contributed by atoms with E-state index in [4.69, 9.17) is 5.73 Å². The highest BCUT2D eigenvalue weighted by Gasteiger charge is 2.12. The van der Waals surface area contributed by atoms with E-state index in [1.807, 2.05) is 29.6 Å². The van der Waals surface area contributed by atoms with Crippen molar-refractivity contribution in [2.75, 3.05) is 5.32 Å². The molecule has 0 aliphatic carbocycles. The SMILES string of the molecule is CCCCC(N)C(=O)Nc1ccc(-c2nccs2)cc1. The van der Waals surface area contributed by atoms with Crippen LogP contribution in [0.2, 0.25) is 0 Å². The number of nitrogens with two attached hydrogens (primary N) is 1. The van der Waals surface area contributed by atoms with E-state index in [1.54, 1.807) is 17.5 Å². The Bertz CT molecular complexity index is 537. The molecule has 1 amide bonds. The number of rotatable bonds is 6. The van der Waals surface area contributed by atoms with Crippen LogP contribution in [0, 0.1) is 0 Å². The molecule has 0 fully saturated rings. The molecule has 5 heteroatoms. The topological polar surface area (TPSA) is 68.0 Å². The van der Waals surface area contributed by atoms with E-state index in [1.165, 1.54) is 0 Å². The molecule has 0 aliphatic rings. The van der Waals surface area contributed by atoms with Gasteiger partial charge in [-0.25, -0.2) is 4.98 Å². The molecule has 1 atom stereocenters. The van der Waals surface area contributed by atoms with Gasteiger partial charge in [-0.3, -0.25) is 4.79 Å². The molecule has 4 nitrogen and oxygen atoms in total. The molecule has 2 rings (SSSR count). The monoisotopic (exact) mass is 289 g/mol. The van der Waals surface area contributed by atoms with Gasteiger partial charge in [0, 0.05) is 22.8 Å². The molecule has 0 aliphatic heterocycles. The zero-order valence-electron chi connectivity index (χ0n) is 11.5. The molecule has 106 valence electrons. The highest BCUT2D eigenvalue weighted by Crippen LogP contribution is 2.23. The molecule has 3 N–H and O–H groups in total. The molecular formula is C15H19N3OS. The number of hydrogen-bond donors (Lipinski definition) is 2. The largest absolute Gasteiger partial charge is 0.325 e. The Morgan fingerprint density at radius 2 is 2.15 bits per heavy atom. The zero-order chi connectivity index (χ0) is 14.4. The second kappa shape index (κ2) is 7.17. The minimum Gasteiger partial charge on any atom is -0.325 e. The van der Waals surface area contributed by atoms with Crippen LogP contribution in [0.3, 0.4) is 0 Å². The predicted molar refractivity (Wildman–Crippen MR) is 83.7 cm³/mol. The van der Waals surface area contributed by atoms with Gasteiger partial charge in [0.25, 0.3) is 0 Å². The average molecular weight is 289 g/mol. The Balaban J connectivity index is 1.95. The van der Waals surface area contributed by atoms with Gasteiger partial charge < -0.3 is 11.1 Å². The standard InChI is InChI=1S/C15H19N3OS/c1-2-3-4-13(16)14(19)18-12-7-5-11(6-8-12)15-17-9-10-20-15/h5-10,13H,2-4,16H2,1H3,(H,18,19). The lowest BCUT2D eigenvalue weighted by Crippen LogP contribution is -2.35. The molecule has 0 bridgehead atoms. The first kappa shape index (κ1) is 14.7. The minimum atomic E-state index is -0.436. The van der Waals surface area contributed by atoms with Crippen molar-refractivity contribution in [1.29, 1.82) is 0 Å². The summed E-state index contributed by atoms with van der Waals surface area (Å²) in [5, 5.41) is 5.76. The molecule has 1 aromatic carbocycles. The van der Waals surface area contributed by atoms with Crippen LogP contribution in [-0.4, -0.2) is 16.9 Å². The van der Waals surface area contributed by atoms with E-state index in [-0.39, 0.29) is 5.91 Å². The summed E-state index contributed by atoms with van der Waals surface area (Å²) in [7, 11) is 0. The Labute approximate surface area is 123 Å². The van der Waals surface area contributed by atoms with Crippen molar-refractivity contribution in [3.63, 3.8) is 0 Å². The van der Waals surface area contributed by atoms with Gasteiger partial charge in [-0.15, -0.1) is 11.3 Å². The van der Waals surface area contributed by atoms with Crippen LogP contribution < -0.4 is 11.1 Å². The molecule has 2 aromatic rings. The average Bonchev–Trinajstić information content (AvgIpc) is 2.99. The van der Waals surface area contributed by atoms with Crippen molar-refractivity contribution in [2.45, 2.75) is 32.2 Å². The third-order valence-corrected chi connectivity index (χ3v) is 3.86. The number of unbranched alkanes of at least 4 members (excludes halogenated alkanes) is 1. The van der Waals surface area contributed by atoms with Gasteiger partial charge in [-0.05, 0) is 30.7 Å². The van der Waals surface area contributed by atoms with E-state index < -0.39 is 6.04 Å². The summed E-state index contributed by atoms with van der Waals surface area (Å²) < 4.78 is 0. The van der Waals surface area contributed by atoms with Crippen LogP contribution in [-0.2, 0) is 4.79 Å². The van der Waals surface area contributed by atoms with Crippen molar-refractivity contribution in [3.05, 3.63) is 35.8 Å². The van der Waals surface area contributed by atoms with Gasteiger partial charge in [-0.1, -0.05) is 19.8 Å². The Hall–Kier alpha value is -1.72. The molecule has 0 saturated carbocycles. The van der Waals surface area contributed by atoms with Crippen LogP contribution in [0.25, 0.3) is 10.6 Å². The van der Waals surface area contributed by atoms with Crippen molar-refractivity contribution >= 4 is 22.9 Å². The molecule has 1 aromatic heterocycles. The predicted octanol–water partition coefficient (Wildman–Crippen LogP) is 3.27.